The van der Waals surface area contributed by atoms with Gasteiger partial charge in [0, 0.05) is 19.0 Å². The molecule has 1 fully saturated rings. The van der Waals surface area contributed by atoms with Crippen LogP contribution in [0, 0.1) is 18.7 Å². The molecule has 0 aliphatic carbocycles. The van der Waals surface area contributed by atoms with E-state index in [9.17, 15) is 9.18 Å². The van der Waals surface area contributed by atoms with Crippen molar-refractivity contribution in [2.45, 2.75) is 19.8 Å². The first-order valence-corrected chi connectivity index (χ1v) is 6.76. The molecule has 2 nitrogen and oxygen atoms in total. The molecule has 0 bridgehead atoms. The summed E-state index contributed by atoms with van der Waals surface area (Å²) in [6.07, 6.45) is 1.88. The third-order valence-corrected chi connectivity index (χ3v) is 3.66. The lowest BCUT2D eigenvalue weighted by Gasteiger charge is -2.17. The molecule has 1 aliphatic heterocycles. The van der Waals surface area contributed by atoms with Gasteiger partial charge in [0.1, 0.15) is 5.82 Å². The molecule has 18 heavy (non-hydrogen) atoms. The van der Waals surface area contributed by atoms with Crippen LogP contribution in [-0.2, 0) is 0 Å². The average molecular weight is 270 g/mol. The molecule has 1 heterocycles. The van der Waals surface area contributed by atoms with Crippen molar-refractivity contribution in [3.8, 4) is 0 Å². The number of benzene rings is 1. The molecular formula is C14H17ClFNO. The van der Waals surface area contributed by atoms with E-state index in [1.807, 2.05) is 6.92 Å². The van der Waals surface area contributed by atoms with Gasteiger partial charge >= 0.3 is 0 Å². The Hall–Kier alpha value is -1.09. The highest BCUT2D eigenvalue weighted by atomic mass is 35.5. The molecule has 4 heteroatoms. The van der Waals surface area contributed by atoms with Gasteiger partial charge in [-0.1, -0.05) is 11.6 Å². The SMILES string of the molecule is Cc1ccc(F)c(C(=O)N2CCC(CCCl)C2)c1. The van der Waals surface area contributed by atoms with Crippen LogP contribution in [0.15, 0.2) is 18.2 Å². The van der Waals surface area contributed by atoms with Crippen molar-refractivity contribution >= 4 is 17.5 Å². The summed E-state index contributed by atoms with van der Waals surface area (Å²) in [6.45, 7) is 3.25. The van der Waals surface area contributed by atoms with Crippen molar-refractivity contribution in [1.29, 1.82) is 0 Å². The van der Waals surface area contributed by atoms with Crippen LogP contribution in [0.25, 0.3) is 0 Å². The second-order valence-corrected chi connectivity index (χ2v) is 5.24. The third-order valence-electron chi connectivity index (χ3n) is 3.44. The summed E-state index contributed by atoms with van der Waals surface area (Å²) in [5.74, 6) is 0.435. The van der Waals surface area contributed by atoms with Crippen molar-refractivity contribution < 1.29 is 9.18 Å². The number of halogens is 2. The van der Waals surface area contributed by atoms with Gasteiger partial charge in [0.05, 0.1) is 5.56 Å². The Morgan fingerprint density at radius 1 is 1.56 bits per heavy atom. The Balaban J connectivity index is 2.10. The van der Waals surface area contributed by atoms with E-state index in [2.05, 4.69) is 0 Å². The average Bonchev–Trinajstić information content (AvgIpc) is 2.80. The van der Waals surface area contributed by atoms with Crippen LogP contribution in [0.5, 0.6) is 0 Å². The highest BCUT2D eigenvalue weighted by molar-refractivity contribution is 6.17. The van der Waals surface area contributed by atoms with Gasteiger partial charge < -0.3 is 4.90 Å². The van der Waals surface area contributed by atoms with Crippen LogP contribution < -0.4 is 0 Å². The summed E-state index contributed by atoms with van der Waals surface area (Å²) in [5.41, 5.74) is 1.08. The first-order chi connectivity index (χ1) is 8.61. The van der Waals surface area contributed by atoms with Crippen LogP contribution in [0.3, 0.4) is 0 Å². The predicted octanol–water partition coefficient (Wildman–Crippen LogP) is 3.23. The van der Waals surface area contributed by atoms with E-state index >= 15 is 0 Å². The molecular weight excluding hydrogens is 253 g/mol. The summed E-state index contributed by atoms with van der Waals surface area (Å²) < 4.78 is 13.7. The monoisotopic (exact) mass is 269 g/mol. The van der Waals surface area contributed by atoms with Crippen LogP contribution in [0.1, 0.15) is 28.8 Å². The number of rotatable bonds is 3. The number of carbonyl (C=O) groups excluding carboxylic acids is 1. The molecule has 1 saturated heterocycles. The zero-order chi connectivity index (χ0) is 13.1. The van der Waals surface area contributed by atoms with E-state index in [4.69, 9.17) is 11.6 Å². The second-order valence-electron chi connectivity index (χ2n) is 4.87. The summed E-state index contributed by atoms with van der Waals surface area (Å²) >= 11 is 5.71. The molecule has 0 aromatic heterocycles. The van der Waals surface area contributed by atoms with E-state index < -0.39 is 5.82 Å². The summed E-state index contributed by atoms with van der Waals surface area (Å²) in [6, 6.07) is 4.65. The van der Waals surface area contributed by atoms with Gasteiger partial charge in [-0.25, -0.2) is 4.39 Å². The highest BCUT2D eigenvalue weighted by Crippen LogP contribution is 2.23. The number of amides is 1. The standard InChI is InChI=1S/C14H17ClFNO/c1-10-2-3-13(16)12(8-10)14(18)17-7-5-11(9-17)4-6-15/h2-3,8,11H,4-7,9H2,1H3. The van der Waals surface area contributed by atoms with Gasteiger partial charge in [0.15, 0.2) is 0 Å². The first-order valence-electron chi connectivity index (χ1n) is 6.23. The molecule has 0 spiro atoms. The van der Waals surface area contributed by atoms with Crippen molar-refractivity contribution in [2.75, 3.05) is 19.0 Å². The van der Waals surface area contributed by atoms with E-state index in [-0.39, 0.29) is 11.5 Å². The Kier molecular flexibility index (Phi) is 4.23. The van der Waals surface area contributed by atoms with Crippen LogP contribution in [0.4, 0.5) is 4.39 Å². The summed E-state index contributed by atoms with van der Waals surface area (Å²) in [5, 5.41) is 0. The number of alkyl halides is 1. The Bertz CT molecular complexity index is 449. The lowest BCUT2D eigenvalue weighted by Crippen LogP contribution is -2.29. The van der Waals surface area contributed by atoms with Gasteiger partial charge in [0.2, 0.25) is 0 Å². The molecule has 1 unspecified atom stereocenters. The maximum Gasteiger partial charge on any atom is 0.256 e. The highest BCUT2D eigenvalue weighted by Gasteiger charge is 2.27. The topological polar surface area (TPSA) is 20.3 Å². The van der Waals surface area contributed by atoms with Crippen LogP contribution in [0.2, 0.25) is 0 Å². The third kappa shape index (κ3) is 2.83. The van der Waals surface area contributed by atoms with Gasteiger partial charge in [-0.3, -0.25) is 4.79 Å². The lowest BCUT2D eigenvalue weighted by atomic mass is 10.1. The van der Waals surface area contributed by atoms with Crippen molar-refractivity contribution in [3.05, 3.63) is 35.1 Å². The Morgan fingerprint density at radius 3 is 3.06 bits per heavy atom. The van der Waals surface area contributed by atoms with Gasteiger partial charge in [-0.05, 0) is 37.8 Å². The molecule has 0 radical (unpaired) electrons. The van der Waals surface area contributed by atoms with Gasteiger partial charge in [-0.15, -0.1) is 11.6 Å². The minimum Gasteiger partial charge on any atom is -0.338 e. The molecule has 0 saturated carbocycles. The molecule has 1 atom stereocenters. The van der Waals surface area contributed by atoms with E-state index in [0.717, 1.165) is 18.4 Å². The summed E-state index contributed by atoms with van der Waals surface area (Å²) in [4.78, 5) is 14.0. The number of nitrogens with zero attached hydrogens (tertiary/aromatic N) is 1. The van der Waals surface area contributed by atoms with Crippen molar-refractivity contribution in [2.24, 2.45) is 5.92 Å². The Labute approximate surface area is 112 Å². The molecule has 2 rings (SSSR count). The minimum absolute atomic E-state index is 0.182. The molecule has 1 amide bonds. The maximum atomic E-state index is 13.7. The van der Waals surface area contributed by atoms with E-state index in [1.54, 1.807) is 17.0 Å². The second kappa shape index (κ2) is 5.70. The number of likely N-dealkylation sites (tertiary alicyclic amines) is 1. The summed E-state index contributed by atoms with van der Waals surface area (Å²) in [7, 11) is 0. The van der Waals surface area contributed by atoms with Crippen LogP contribution >= 0.6 is 11.6 Å². The Morgan fingerprint density at radius 2 is 2.33 bits per heavy atom. The molecule has 98 valence electrons. The smallest absolute Gasteiger partial charge is 0.256 e. The quantitative estimate of drug-likeness (QED) is 0.772. The minimum atomic E-state index is -0.439. The number of hydrogen-bond acceptors (Lipinski definition) is 1. The van der Waals surface area contributed by atoms with Crippen molar-refractivity contribution in [3.63, 3.8) is 0 Å². The van der Waals surface area contributed by atoms with Gasteiger partial charge in [0.25, 0.3) is 5.91 Å². The fraction of sp³-hybridized carbons (Fsp3) is 0.500. The van der Waals surface area contributed by atoms with E-state index in [1.165, 1.54) is 6.07 Å². The number of carbonyl (C=O) groups is 1. The number of hydrogen-bond donors (Lipinski definition) is 0. The largest absolute Gasteiger partial charge is 0.338 e. The normalized spacial score (nSPS) is 19.3. The number of aryl methyl sites for hydroxylation is 1. The molecule has 1 aromatic carbocycles. The molecule has 0 N–H and O–H groups in total. The zero-order valence-electron chi connectivity index (χ0n) is 10.5. The fourth-order valence-electron chi connectivity index (χ4n) is 2.38. The zero-order valence-corrected chi connectivity index (χ0v) is 11.2. The molecule has 1 aliphatic rings. The fourth-order valence-corrected chi connectivity index (χ4v) is 2.69. The van der Waals surface area contributed by atoms with Crippen LogP contribution in [-0.4, -0.2) is 29.8 Å². The lowest BCUT2D eigenvalue weighted by molar-refractivity contribution is 0.0782. The maximum absolute atomic E-state index is 13.7. The molecule has 1 aromatic rings. The first kappa shape index (κ1) is 13.3. The van der Waals surface area contributed by atoms with Gasteiger partial charge in [-0.2, -0.15) is 0 Å². The van der Waals surface area contributed by atoms with E-state index in [0.29, 0.717) is 24.9 Å². The van der Waals surface area contributed by atoms with Crippen molar-refractivity contribution in [1.82, 2.24) is 4.90 Å². The predicted molar refractivity (Wildman–Crippen MR) is 70.5 cm³/mol.